The van der Waals surface area contributed by atoms with Crippen molar-refractivity contribution in [2.24, 2.45) is 0 Å². The number of hydrogen-bond acceptors (Lipinski definition) is 6. The number of hydrogen-bond donors (Lipinski definition) is 2. The van der Waals surface area contributed by atoms with Crippen molar-refractivity contribution in [1.82, 2.24) is 10.2 Å². The Hall–Kier alpha value is -3.25. The lowest BCUT2D eigenvalue weighted by Crippen LogP contribution is -2.52. The molecule has 2 aromatic carbocycles. The van der Waals surface area contributed by atoms with Gasteiger partial charge >= 0.3 is 18.4 Å². The monoisotopic (exact) mass is 539 g/mol. The molecule has 206 valence electrons. The highest BCUT2D eigenvalue weighted by Crippen LogP contribution is 2.50. The number of nitrogens with zero attached hydrogens (tertiary/aromatic N) is 1. The lowest BCUT2D eigenvalue weighted by Gasteiger charge is -2.45. The van der Waals surface area contributed by atoms with E-state index in [1.54, 1.807) is 14.2 Å². The molecular weight excluding hydrogens is 510 g/mol. The molecule has 2 heterocycles. The van der Waals surface area contributed by atoms with Crippen LogP contribution in [0.5, 0.6) is 17.2 Å². The van der Waals surface area contributed by atoms with Gasteiger partial charge in [0, 0.05) is 23.2 Å². The second-order valence-corrected chi connectivity index (χ2v) is 9.94. The number of carbonyl (C=O) groups is 1. The minimum absolute atomic E-state index is 0.00758. The fraction of sp³-hybridized carbons (Fsp3) is 0.500. The average Bonchev–Trinajstić information content (AvgIpc) is 3.20. The average molecular weight is 540 g/mol. The third kappa shape index (κ3) is 4.71. The first-order valence-electron chi connectivity index (χ1n) is 12.3. The molecule has 2 amide bonds. The van der Waals surface area contributed by atoms with E-state index in [0.717, 1.165) is 37.1 Å². The molecule has 1 saturated carbocycles. The minimum atomic E-state index is -4.45. The van der Waals surface area contributed by atoms with Gasteiger partial charge in [0.05, 0.1) is 19.8 Å². The molecule has 2 N–H and O–H groups in total. The molecule has 0 spiro atoms. The molecule has 5 rings (SSSR count). The maximum Gasteiger partial charge on any atom is 0.540 e. The quantitative estimate of drug-likeness (QED) is 0.519. The zero-order valence-electron chi connectivity index (χ0n) is 21.2. The molecule has 0 radical (unpaired) electrons. The zero-order valence-corrected chi connectivity index (χ0v) is 21.2. The number of alkyl halides is 4. The SMILES string of the molecule is COc1ccc(C23CCC(NC(=O)Nc4ccc5c(c4)C(F)(F)OC(F)(F)O5)CC2N(C)CC3)cc1OC. The highest BCUT2D eigenvalue weighted by atomic mass is 19.3. The van der Waals surface area contributed by atoms with Crippen LogP contribution in [0.15, 0.2) is 36.4 Å². The normalized spacial score (nSPS) is 27.4. The number of nitrogens with one attached hydrogen (secondary N) is 2. The Labute approximate surface area is 217 Å². The topological polar surface area (TPSA) is 81.3 Å². The van der Waals surface area contributed by atoms with E-state index in [1.807, 2.05) is 12.1 Å². The molecular formula is C26H29F4N3O5. The van der Waals surface area contributed by atoms with Gasteiger partial charge < -0.3 is 29.7 Å². The van der Waals surface area contributed by atoms with Crippen LogP contribution in [-0.2, 0) is 16.3 Å². The van der Waals surface area contributed by atoms with Gasteiger partial charge in [0.1, 0.15) is 5.75 Å². The number of ether oxygens (including phenoxy) is 4. The summed E-state index contributed by atoms with van der Waals surface area (Å²) < 4.78 is 73.2. The number of urea groups is 1. The van der Waals surface area contributed by atoms with Crippen molar-refractivity contribution in [2.75, 3.05) is 33.1 Å². The molecule has 1 saturated heterocycles. The van der Waals surface area contributed by atoms with Crippen molar-refractivity contribution < 1.29 is 41.3 Å². The molecule has 3 atom stereocenters. The number of halogens is 4. The van der Waals surface area contributed by atoms with Crippen LogP contribution < -0.4 is 24.8 Å². The lowest BCUT2D eigenvalue weighted by atomic mass is 9.65. The van der Waals surface area contributed by atoms with Crippen molar-refractivity contribution in [3.05, 3.63) is 47.5 Å². The van der Waals surface area contributed by atoms with Crippen LogP contribution in [0.25, 0.3) is 0 Å². The van der Waals surface area contributed by atoms with Crippen LogP contribution in [0.3, 0.4) is 0 Å². The van der Waals surface area contributed by atoms with Gasteiger partial charge in [0.15, 0.2) is 11.5 Å². The Morgan fingerprint density at radius 1 is 1.05 bits per heavy atom. The standard InChI is InChI=1S/C26H29F4N3O5/c1-33-11-10-24(15-4-6-20(35-2)21(12-15)36-3)9-8-17(14-22(24)33)32-23(34)31-16-5-7-19-18(13-16)25(27,28)38-26(29,30)37-19/h4-7,12-13,17,22H,8-11,14H2,1-3H3,(H2,31,32,34). The van der Waals surface area contributed by atoms with Crippen molar-refractivity contribution >= 4 is 11.7 Å². The molecule has 12 heteroatoms. The van der Waals surface area contributed by atoms with Gasteiger partial charge in [-0.1, -0.05) is 6.07 Å². The van der Waals surface area contributed by atoms with Gasteiger partial charge in [-0.25, -0.2) is 9.53 Å². The molecule has 3 aliphatic rings. The minimum Gasteiger partial charge on any atom is -0.493 e. The predicted octanol–water partition coefficient (Wildman–Crippen LogP) is 5.03. The third-order valence-electron chi connectivity index (χ3n) is 7.85. The summed E-state index contributed by atoms with van der Waals surface area (Å²) in [6.45, 7) is 0.907. The van der Waals surface area contributed by atoms with Gasteiger partial charge in [0.25, 0.3) is 0 Å². The second kappa shape index (κ2) is 9.49. The molecule has 1 aliphatic carbocycles. The van der Waals surface area contributed by atoms with E-state index in [2.05, 4.69) is 38.1 Å². The molecule has 2 fully saturated rings. The number of rotatable bonds is 5. The van der Waals surface area contributed by atoms with E-state index in [9.17, 15) is 22.4 Å². The van der Waals surface area contributed by atoms with Crippen LogP contribution in [0.2, 0.25) is 0 Å². The molecule has 0 bridgehead atoms. The zero-order chi connectivity index (χ0) is 27.3. The Bertz CT molecular complexity index is 1230. The predicted molar refractivity (Wildman–Crippen MR) is 129 cm³/mol. The highest BCUT2D eigenvalue weighted by molar-refractivity contribution is 5.89. The number of likely N-dealkylation sites (N-methyl/N-ethyl adjacent to an activating group) is 1. The van der Waals surface area contributed by atoms with E-state index < -0.39 is 29.7 Å². The Morgan fingerprint density at radius 2 is 1.82 bits per heavy atom. The molecule has 8 nitrogen and oxygen atoms in total. The molecule has 38 heavy (non-hydrogen) atoms. The largest absolute Gasteiger partial charge is 0.540 e. The van der Waals surface area contributed by atoms with Crippen molar-refractivity contribution in [2.45, 2.75) is 55.6 Å². The van der Waals surface area contributed by atoms with Crippen molar-refractivity contribution in [3.63, 3.8) is 0 Å². The van der Waals surface area contributed by atoms with E-state index in [0.29, 0.717) is 24.3 Å². The molecule has 2 aromatic rings. The summed E-state index contributed by atoms with van der Waals surface area (Å²) in [5, 5.41) is 5.44. The van der Waals surface area contributed by atoms with Crippen LogP contribution in [0, 0.1) is 0 Å². The maximum atomic E-state index is 14.1. The Balaban J connectivity index is 1.28. The fourth-order valence-corrected chi connectivity index (χ4v) is 6.02. The summed E-state index contributed by atoms with van der Waals surface area (Å²) in [5.74, 6) is 0.608. The highest BCUT2D eigenvalue weighted by Gasteiger charge is 2.54. The summed E-state index contributed by atoms with van der Waals surface area (Å²) >= 11 is 0. The number of fused-ring (bicyclic) bond motifs is 2. The van der Waals surface area contributed by atoms with Gasteiger partial charge in [-0.3, -0.25) is 0 Å². The lowest BCUT2D eigenvalue weighted by molar-refractivity contribution is -0.461. The Kier molecular flexibility index (Phi) is 6.59. The van der Waals surface area contributed by atoms with E-state index >= 15 is 0 Å². The number of methoxy groups -OCH3 is 2. The van der Waals surface area contributed by atoms with E-state index in [4.69, 9.17) is 9.47 Å². The summed E-state index contributed by atoms with van der Waals surface area (Å²) in [7, 11) is 5.27. The number of carbonyl (C=O) groups excluding carboxylic acids is 1. The maximum absolute atomic E-state index is 14.1. The first-order chi connectivity index (χ1) is 18.0. The van der Waals surface area contributed by atoms with Gasteiger partial charge in [-0.2, -0.15) is 8.78 Å². The fourth-order valence-electron chi connectivity index (χ4n) is 6.02. The summed E-state index contributed by atoms with van der Waals surface area (Å²) in [4.78, 5) is 15.0. The Morgan fingerprint density at radius 3 is 2.55 bits per heavy atom. The molecule has 3 unspecified atom stereocenters. The van der Waals surface area contributed by atoms with Crippen molar-refractivity contribution in [1.29, 1.82) is 0 Å². The van der Waals surface area contributed by atoms with E-state index in [1.165, 1.54) is 6.07 Å². The van der Waals surface area contributed by atoms with Crippen molar-refractivity contribution in [3.8, 4) is 17.2 Å². The molecule has 2 aliphatic heterocycles. The van der Waals surface area contributed by atoms with Gasteiger partial charge in [-0.15, -0.1) is 8.78 Å². The second-order valence-electron chi connectivity index (χ2n) is 9.94. The number of benzene rings is 2. The van der Waals surface area contributed by atoms with Crippen LogP contribution in [0.4, 0.5) is 28.0 Å². The molecule has 0 aromatic heterocycles. The van der Waals surface area contributed by atoms with Gasteiger partial charge in [0.2, 0.25) is 0 Å². The van der Waals surface area contributed by atoms with Crippen LogP contribution in [0.1, 0.15) is 36.8 Å². The summed E-state index contributed by atoms with van der Waals surface area (Å²) in [5.41, 5.74) is 0.158. The van der Waals surface area contributed by atoms with Gasteiger partial charge in [-0.05, 0) is 75.2 Å². The number of anilines is 1. The first kappa shape index (κ1) is 26.4. The summed E-state index contributed by atoms with van der Waals surface area (Å²) in [6.07, 6.45) is -5.54. The van der Waals surface area contributed by atoms with Crippen LogP contribution in [-0.4, -0.2) is 57.1 Å². The first-order valence-corrected chi connectivity index (χ1v) is 12.3. The summed E-state index contributed by atoms with van der Waals surface area (Å²) in [6, 6.07) is 8.46. The van der Waals surface area contributed by atoms with E-state index in [-0.39, 0.29) is 23.2 Å². The number of likely N-dealkylation sites (tertiary alicyclic amines) is 1. The number of amides is 2. The smallest absolute Gasteiger partial charge is 0.493 e. The van der Waals surface area contributed by atoms with Crippen LogP contribution >= 0.6 is 0 Å². The third-order valence-corrected chi connectivity index (χ3v) is 7.85.